The number of esters is 1. The lowest BCUT2D eigenvalue weighted by Crippen LogP contribution is -1.97. The number of hydrogen-bond acceptors (Lipinski definition) is 5. The van der Waals surface area contributed by atoms with E-state index in [0.717, 1.165) is 11.5 Å². The van der Waals surface area contributed by atoms with E-state index in [1.54, 1.807) is 6.92 Å². The number of ether oxygens (including phenoxy) is 1. The van der Waals surface area contributed by atoms with Gasteiger partial charge in [0.15, 0.2) is 10.6 Å². The lowest BCUT2D eigenvalue weighted by Gasteiger charge is -1.93. The average Bonchev–Trinajstić information content (AvgIpc) is 2.32. The molecule has 0 aliphatic rings. The molecular formula is C6H7NO3S. The van der Waals surface area contributed by atoms with Gasteiger partial charge in [0.25, 0.3) is 0 Å². The molecule has 0 atom stereocenters. The van der Waals surface area contributed by atoms with Crippen molar-refractivity contribution < 1.29 is 14.6 Å². The van der Waals surface area contributed by atoms with Gasteiger partial charge in [-0.15, -0.1) is 0 Å². The van der Waals surface area contributed by atoms with Crippen LogP contribution in [0.2, 0.25) is 0 Å². The second kappa shape index (κ2) is 2.87. The molecule has 1 heterocycles. The standard InChI is InChI=1S/C6H7NO3S/c1-3-4(8)5(11-7-3)6(9)10-2/h8H,1-2H3. The van der Waals surface area contributed by atoms with Crippen molar-refractivity contribution in [1.82, 2.24) is 4.37 Å². The SMILES string of the molecule is COC(=O)c1snc(C)c1O. The van der Waals surface area contributed by atoms with Crippen molar-refractivity contribution in [2.45, 2.75) is 6.92 Å². The van der Waals surface area contributed by atoms with Crippen LogP contribution in [0.3, 0.4) is 0 Å². The number of nitrogens with zero attached hydrogens (tertiary/aromatic N) is 1. The van der Waals surface area contributed by atoms with Gasteiger partial charge in [0.05, 0.1) is 12.8 Å². The number of aryl methyl sites for hydroxylation is 1. The Morgan fingerprint density at radius 3 is 2.73 bits per heavy atom. The van der Waals surface area contributed by atoms with Crippen molar-refractivity contribution in [2.75, 3.05) is 7.11 Å². The number of carbonyl (C=O) groups is 1. The Hall–Kier alpha value is -1.10. The van der Waals surface area contributed by atoms with Crippen LogP contribution in [-0.2, 0) is 4.74 Å². The number of methoxy groups -OCH3 is 1. The summed E-state index contributed by atoms with van der Waals surface area (Å²) in [5, 5.41) is 9.19. The summed E-state index contributed by atoms with van der Waals surface area (Å²) in [6, 6.07) is 0. The second-order valence-electron chi connectivity index (χ2n) is 1.94. The molecule has 0 unspecified atom stereocenters. The highest BCUT2D eigenvalue weighted by molar-refractivity contribution is 7.08. The molecule has 0 amide bonds. The summed E-state index contributed by atoms with van der Waals surface area (Å²) >= 11 is 0.934. The third-order valence-electron chi connectivity index (χ3n) is 1.20. The quantitative estimate of drug-likeness (QED) is 0.642. The van der Waals surface area contributed by atoms with E-state index in [1.165, 1.54) is 7.11 Å². The molecule has 60 valence electrons. The molecule has 0 saturated heterocycles. The number of aromatic nitrogens is 1. The summed E-state index contributed by atoms with van der Waals surface area (Å²) in [4.78, 5) is 11.0. The van der Waals surface area contributed by atoms with E-state index in [-0.39, 0.29) is 10.6 Å². The van der Waals surface area contributed by atoms with E-state index in [9.17, 15) is 9.90 Å². The van der Waals surface area contributed by atoms with E-state index in [4.69, 9.17) is 0 Å². The summed E-state index contributed by atoms with van der Waals surface area (Å²) in [6.45, 7) is 1.62. The normalized spacial score (nSPS) is 9.64. The Kier molecular flexibility index (Phi) is 2.09. The van der Waals surface area contributed by atoms with E-state index in [0.29, 0.717) is 5.69 Å². The molecule has 0 spiro atoms. The second-order valence-corrected chi connectivity index (χ2v) is 2.71. The van der Waals surface area contributed by atoms with Gasteiger partial charge in [-0.1, -0.05) is 0 Å². The van der Waals surface area contributed by atoms with E-state index in [1.807, 2.05) is 0 Å². The van der Waals surface area contributed by atoms with Crippen LogP contribution in [0.4, 0.5) is 0 Å². The third kappa shape index (κ3) is 1.32. The molecule has 0 fully saturated rings. The highest BCUT2D eigenvalue weighted by Crippen LogP contribution is 2.25. The fourth-order valence-corrected chi connectivity index (χ4v) is 1.30. The van der Waals surface area contributed by atoms with Gasteiger partial charge >= 0.3 is 5.97 Å². The van der Waals surface area contributed by atoms with Gasteiger partial charge in [-0.05, 0) is 18.5 Å². The van der Waals surface area contributed by atoms with E-state index < -0.39 is 5.97 Å². The highest BCUT2D eigenvalue weighted by atomic mass is 32.1. The molecule has 0 bridgehead atoms. The first kappa shape index (κ1) is 8.00. The van der Waals surface area contributed by atoms with Crippen LogP contribution in [0, 0.1) is 6.92 Å². The number of carbonyl (C=O) groups excluding carboxylic acids is 1. The lowest BCUT2D eigenvalue weighted by atomic mass is 10.3. The molecule has 1 N–H and O–H groups in total. The van der Waals surface area contributed by atoms with Gasteiger partial charge < -0.3 is 9.84 Å². The average molecular weight is 173 g/mol. The highest BCUT2D eigenvalue weighted by Gasteiger charge is 2.16. The minimum absolute atomic E-state index is 0.0816. The van der Waals surface area contributed by atoms with E-state index >= 15 is 0 Å². The van der Waals surface area contributed by atoms with Crippen LogP contribution in [0.15, 0.2) is 0 Å². The largest absolute Gasteiger partial charge is 0.504 e. The molecule has 1 rings (SSSR count). The molecule has 1 aromatic heterocycles. The zero-order chi connectivity index (χ0) is 8.43. The molecule has 1 aromatic rings. The third-order valence-corrected chi connectivity index (χ3v) is 2.11. The number of rotatable bonds is 1. The van der Waals surface area contributed by atoms with Gasteiger partial charge in [0.2, 0.25) is 0 Å². The zero-order valence-electron chi connectivity index (χ0n) is 6.12. The van der Waals surface area contributed by atoms with Gasteiger partial charge in [0.1, 0.15) is 0 Å². The van der Waals surface area contributed by atoms with Gasteiger partial charge in [-0.3, -0.25) is 0 Å². The summed E-state index contributed by atoms with van der Waals surface area (Å²) in [5.41, 5.74) is 0.454. The van der Waals surface area contributed by atoms with Crippen LogP contribution >= 0.6 is 11.5 Å². The lowest BCUT2D eigenvalue weighted by molar-refractivity contribution is 0.0603. The molecule has 0 aliphatic carbocycles. The Bertz CT molecular complexity index is 281. The minimum atomic E-state index is -0.548. The Balaban J connectivity index is 3.04. The van der Waals surface area contributed by atoms with Crippen LogP contribution in [0.5, 0.6) is 5.75 Å². The van der Waals surface area contributed by atoms with Crippen LogP contribution < -0.4 is 0 Å². The fourth-order valence-electron chi connectivity index (χ4n) is 0.592. The van der Waals surface area contributed by atoms with Crippen LogP contribution in [0.1, 0.15) is 15.4 Å². The zero-order valence-corrected chi connectivity index (χ0v) is 6.94. The van der Waals surface area contributed by atoms with Gasteiger partial charge in [0, 0.05) is 0 Å². The molecule has 0 aromatic carbocycles. The summed E-state index contributed by atoms with van der Waals surface area (Å²) in [7, 11) is 1.26. The molecular weight excluding hydrogens is 166 g/mol. The van der Waals surface area contributed by atoms with Gasteiger partial charge in [-0.25, -0.2) is 4.79 Å². The van der Waals surface area contributed by atoms with Crippen molar-refractivity contribution in [3.63, 3.8) is 0 Å². The summed E-state index contributed by atoms with van der Waals surface area (Å²) in [5.74, 6) is -0.630. The molecule has 4 nitrogen and oxygen atoms in total. The molecule has 0 radical (unpaired) electrons. The number of hydrogen-bond donors (Lipinski definition) is 1. The first-order valence-corrected chi connectivity index (χ1v) is 3.67. The van der Waals surface area contributed by atoms with Crippen molar-refractivity contribution in [3.05, 3.63) is 10.6 Å². The maximum atomic E-state index is 10.8. The predicted molar refractivity (Wildman–Crippen MR) is 39.9 cm³/mol. The Morgan fingerprint density at radius 2 is 2.36 bits per heavy atom. The predicted octanol–water partition coefficient (Wildman–Crippen LogP) is 0.944. The van der Waals surface area contributed by atoms with Crippen molar-refractivity contribution in [1.29, 1.82) is 0 Å². The number of aromatic hydroxyl groups is 1. The fraction of sp³-hybridized carbons (Fsp3) is 0.333. The van der Waals surface area contributed by atoms with Crippen molar-refractivity contribution in [3.8, 4) is 5.75 Å². The molecule has 5 heteroatoms. The first-order valence-electron chi connectivity index (χ1n) is 2.90. The molecule has 0 aliphatic heterocycles. The first-order chi connectivity index (χ1) is 5.16. The topological polar surface area (TPSA) is 59.4 Å². The Morgan fingerprint density at radius 1 is 1.73 bits per heavy atom. The summed E-state index contributed by atoms with van der Waals surface area (Å²) < 4.78 is 8.18. The van der Waals surface area contributed by atoms with Crippen molar-refractivity contribution in [2.24, 2.45) is 0 Å². The summed E-state index contributed by atoms with van der Waals surface area (Å²) in [6.07, 6.45) is 0. The van der Waals surface area contributed by atoms with Crippen LogP contribution in [-0.4, -0.2) is 22.6 Å². The van der Waals surface area contributed by atoms with Gasteiger partial charge in [-0.2, -0.15) is 4.37 Å². The van der Waals surface area contributed by atoms with Crippen LogP contribution in [0.25, 0.3) is 0 Å². The Labute approximate surface area is 67.6 Å². The maximum Gasteiger partial charge on any atom is 0.353 e. The maximum absolute atomic E-state index is 10.8. The minimum Gasteiger partial charge on any atom is -0.504 e. The van der Waals surface area contributed by atoms with Crippen molar-refractivity contribution >= 4 is 17.5 Å². The smallest absolute Gasteiger partial charge is 0.353 e. The molecule has 0 saturated carbocycles. The van der Waals surface area contributed by atoms with E-state index in [2.05, 4.69) is 9.11 Å². The monoisotopic (exact) mass is 173 g/mol. The molecule has 11 heavy (non-hydrogen) atoms.